The standard InChI is InChI=1S/C17H30N4/c1-4-8-14-15(18-11-5-2)20-13-21-16(14)19-12-17(6-3)9-7-10-17/h13H,4-12H2,1-3H3,(H2,18,19,20,21). The molecule has 0 bridgehead atoms. The Kier molecular flexibility index (Phi) is 5.83. The van der Waals surface area contributed by atoms with Crippen molar-refractivity contribution < 1.29 is 0 Å². The number of hydrogen-bond donors (Lipinski definition) is 2. The van der Waals surface area contributed by atoms with E-state index in [1.807, 2.05) is 0 Å². The van der Waals surface area contributed by atoms with Gasteiger partial charge in [-0.05, 0) is 37.5 Å². The van der Waals surface area contributed by atoms with Crippen LogP contribution in [-0.2, 0) is 6.42 Å². The fraction of sp³-hybridized carbons (Fsp3) is 0.765. The van der Waals surface area contributed by atoms with E-state index < -0.39 is 0 Å². The van der Waals surface area contributed by atoms with Crippen molar-refractivity contribution in [2.24, 2.45) is 5.41 Å². The molecule has 0 spiro atoms. The monoisotopic (exact) mass is 290 g/mol. The minimum atomic E-state index is 0.505. The summed E-state index contributed by atoms with van der Waals surface area (Å²) >= 11 is 0. The molecule has 0 radical (unpaired) electrons. The van der Waals surface area contributed by atoms with Crippen molar-refractivity contribution in [2.45, 2.75) is 65.7 Å². The first-order valence-corrected chi connectivity index (χ1v) is 8.56. The summed E-state index contributed by atoms with van der Waals surface area (Å²) in [5, 5.41) is 7.05. The molecule has 4 heteroatoms. The minimum Gasteiger partial charge on any atom is -0.370 e. The minimum absolute atomic E-state index is 0.505. The third kappa shape index (κ3) is 3.86. The van der Waals surface area contributed by atoms with E-state index in [0.717, 1.165) is 44.0 Å². The van der Waals surface area contributed by atoms with Gasteiger partial charge in [-0.1, -0.05) is 33.6 Å². The van der Waals surface area contributed by atoms with Crippen molar-refractivity contribution in [1.29, 1.82) is 0 Å². The molecular weight excluding hydrogens is 260 g/mol. The molecule has 0 amide bonds. The molecule has 0 aliphatic heterocycles. The molecule has 1 heterocycles. The Morgan fingerprint density at radius 3 is 2.29 bits per heavy atom. The predicted octanol–water partition coefficient (Wildman–Crippen LogP) is 4.24. The highest BCUT2D eigenvalue weighted by Crippen LogP contribution is 2.43. The maximum Gasteiger partial charge on any atom is 0.134 e. The zero-order valence-electron chi connectivity index (χ0n) is 13.8. The van der Waals surface area contributed by atoms with E-state index in [1.165, 1.54) is 31.2 Å². The van der Waals surface area contributed by atoms with Gasteiger partial charge in [0.25, 0.3) is 0 Å². The lowest BCUT2D eigenvalue weighted by atomic mass is 9.67. The quantitative estimate of drug-likeness (QED) is 0.714. The van der Waals surface area contributed by atoms with E-state index in [4.69, 9.17) is 0 Å². The molecule has 1 aromatic heterocycles. The number of anilines is 2. The number of hydrogen-bond acceptors (Lipinski definition) is 4. The summed E-state index contributed by atoms with van der Waals surface area (Å²) in [7, 11) is 0. The topological polar surface area (TPSA) is 49.8 Å². The lowest BCUT2D eigenvalue weighted by Gasteiger charge is -2.41. The second-order valence-electron chi connectivity index (χ2n) is 6.29. The van der Waals surface area contributed by atoms with Crippen LogP contribution in [0.3, 0.4) is 0 Å². The summed E-state index contributed by atoms with van der Waals surface area (Å²) in [5.41, 5.74) is 1.75. The predicted molar refractivity (Wildman–Crippen MR) is 89.9 cm³/mol. The van der Waals surface area contributed by atoms with Crippen molar-refractivity contribution in [3.63, 3.8) is 0 Å². The van der Waals surface area contributed by atoms with E-state index in [0.29, 0.717) is 5.41 Å². The van der Waals surface area contributed by atoms with Crippen molar-refractivity contribution in [3.05, 3.63) is 11.9 Å². The van der Waals surface area contributed by atoms with Gasteiger partial charge in [0.15, 0.2) is 0 Å². The van der Waals surface area contributed by atoms with Crippen LogP contribution in [0.1, 0.15) is 64.9 Å². The fourth-order valence-corrected chi connectivity index (χ4v) is 3.05. The number of nitrogens with one attached hydrogen (secondary N) is 2. The third-order valence-corrected chi connectivity index (χ3v) is 4.78. The molecule has 0 aromatic carbocycles. The smallest absolute Gasteiger partial charge is 0.134 e. The summed E-state index contributed by atoms with van der Waals surface area (Å²) in [6.45, 7) is 8.70. The van der Waals surface area contributed by atoms with E-state index in [9.17, 15) is 0 Å². The number of nitrogens with zero attached hydrogens (tertiary/aromatic N) is 2. The lowest BCUT2D eigenvalue weighted by molar-refractivity contribution is 0.145. The highest BCUT2D eigenvalue weighted by atomic mass is 15.1. The van der Waals surface area contributed by atoms with Gasteiger partial charge in [-0.2, -0.15) is 0 Å². The van der Waals surface area contributed by atoms with Gasteiger partial charge in [0, 0.05) is 18.7 Å². The summed E-state index contributed by atoms with van der Waals surface area (Å²) in [6.07, 6.45) is 10.3. The summed E-state index contributed by atoms with van der Waals surface area (Å²) < 4.78 is 0. The Balaban J connectivity index is 2.09. The fourth-order valence-electron chi connectivity index (χ4n) is 3.05. The zero-order valence-corrected chi connectivity index (χ0v) is 13.8. The highest BCUT2D eigenvalue weighted by Gasteiger charge is 2.34. The Bertz CT molecular complexity index is 435. The Hall–Kier alpha value is -1.32. The van der Waals surface area contributed by atoms with Crippen LogP contribution in [0, 0.1) is 5.41 Å². The highest BCUT2D eigenvalue weighted by molar-refractivity contribution is 5.57. The summed E-state index contributed by atoms with van der Waals surface area (Å²) in [4.78, 5) is 8.93. The molecule has 0 saturated heterocycles. The van der Waals surface area contributed by atoms with Gasteiger partial charge < -0.3 is 10.6 Å². The van der Waals surface area contributed by atoms with E-state index in [2.05, 4.69) is 41.4 Å². The molecule has 1 aliphatic carbocycles. The number of aromatic nitrogens is 2. The normalized spacial score (nSPS) is 16.3. The lowest BCUT2D eigenvalue weighted by Crippen LogP contribution is -2.36. The average Bonchev–Trinajstić information content (AvgIpc) is 2.46. The van der Waals surface area contributed by atoms with Crippen LogP contribution in [0.15, 0.2) is 6.33 Å². The molecule has 1 fully saturated rings. The van der Waals surface area contributed by atoms with Crippen molar-refractivity contribution in [3.8, 4) is 0 Å². The summed E-state index contributed by atoms with van der Waals surface area (Å²) in [6, 6.07) is 0. The second kappa shape index (κ2) is 7.62. The molecule has 1 aromatic rings. The van der Waals surface area contributed by atoms with Gasteiger partial charge in [-0.25, -0.2) is 9.97 Å². The van der Waals surface area contributed by atoms with E-state index in [-0.39, 0.29) is 0 Å². The van der Waals surface area contributed by atoms with Crippen LogP contribution >= 0.6 is 0 Å². The van der Waals surface area contributed by atoms with Crippen LogP contribution in [0.5, 0.6) is 0 Å². The first-order chi connectivity index (χ1) is 10.2. The van der Waals surface area contributed by atoms with Crippen LogP contribution in [0.4, 0.5) is 11.6 Å². The van der Waals surface area contributed by atoms with E-state index in [1.54, 1.807) is 6.33 Å². The first-order valence-electron chi connectivity index (χ1n) is 8.56. The maximum absolute atomic E-state index is 4.50. The molecule has 2 rings (SSSR count). The Morgan fingerprint density at radius 2 is 1.76 bits per heavy atom. The SMILES string of the molecule is CCCNc1ncnc(NCC2(CC)CCC2)c1CCC. The zero-order chi connectivity index (χ0) is 15.1. The van der Waals surface area contributed by atoms with Crippen LogP contribution in [0.2, 0.25) is 0 Å². The molecule has 4 nitrogen and oxygen atoms in total. The van der Waals surface area contributed by atoms with Crippen molar-refractivity contribution >= 4 is 11.6 Å². The Labute approximate surface area is 129 Å². The third-order valence-electron chi connectivity index (χ3n) is 4.78. The number of rotatable bonds is 9. The second-order valence-corrected chi connectivity index (χ2v) is 6.29. The largest absolute Gasteiger partial charge is 0.370 e. The van der Waals surface area contributed by atoms with Gasteiger partial charge in [0.1, 0.15) is 18.0 Å². The molecule has 21 heavy (non-hydrogen) atoms. The van der Waals surface area contributed by atoms with Crippen molar-refractivity contribution in [1.82, 2.24) is 9.97 Å². The van der Waals surface area contributed by atoms with E-state index >= 15 is 0 Å². The van der Waals surface area contributed by atoms with Gasteiger partial charge in [-0.15, -0.1) is 0 Å². The molecule has 118 valence electrons. The van der Waals surface area contributed by atoms with Gasteiger partial charge in [0.05, 0.1) is 0 Å². The van der Waals surface area contributed by atoms with Crippen LogP contribution < -0.4 is 10.6 Å². The molecule has 1 saturated carbocycles. The van der Waals surface area contributed by atoms with Gasteiger partial charge in [0.2, 0.25) is 0 Å². The molecule has 0 atom stereocenters. The molecular formula is C17H30N4. The Morgan fingerprint density at radius 1 is 1.05 bits per heavy atom. The van der Waals surface area contributed by atoms with Gasteiger partial charge in [-0.3, -0.25) is 0 Å². The molecule has 0 unspecified atom stereocenters. The van der Waals surface area contributed by atoms with Crippen LogP contribution in [-0.4, -0.2) is 23.1 Å². The molecule has 2 N–H and O–H groups in total. The van der Waals surface area contributed by atoms with Crippen molar-refractivity contribution in [2.75, 3.05) is 23.7 Å². The maximum atomic E-state index is 4.50. The average molecular weight is 290 g/mol. The first kappa shape index (κ1) is 16.1. The summed E-state index contributed by atoms with van der Waals surface area (Å²) in [5.74, 6) is 2.04. The van der Waals surface area contributed by atoms with Gasteiger partial charge >= 0.3 is 0 Å². The van der Waals surface area contributed by atoms with Crippen LogP contribution in [0.25, 0.3) is 0 Å². The molecule has 1 aliphatic rings.